The van der Waals surface area contributed by atoms with Crippen molar-refractivity contribution in [3.63, 3.8) is 0 Å². The van der Waals surface area contributed by atoms with Gasteiger partial charge in [-0.05, 0) is 19.9 Å². The summed E-state index contributed by atoms with van der Waals surface area (Å²) in [6.45, 7) is 3.97. The monoisotopic (exact) mass is 356 g/mol. The van der Waals surface area contributed by atoms with Crippen molar-refractivity contribution in [1.29, 1.82) is 0 Å². The molecule has 0 saturated heterocycles. The van der Waals surface area contributed by atoms with Crippen molar-refractivity contribution in [2.45, 2.75) is 18.9 Å². The summed E-state index contributed by atoms with van der Waals surface area (Å²) in [5, 5.41) is 5.98. The van der Waals surface area contributed by atoms with Crippen LogP contribution in [0.1, 0.15) is 11.3 Å². The molecule has 1 amide bonds. The average Bonchev–Trinajstić information content (AvgIpc) is 3.06. The number of nitrogens with zero attached hydrogens (tertiary/aromatic N) is 3. The molecule has 122 valence electrons. The molecule has 0 saturated carbocycles. The molecular weight excluding hydrogens is 340 g/mol. The number of hydrogen-bond acceptors (Lipinski definition) is 6. The first kappa shape index (κ1) is 16.6. The maximum absolute atomic E-state index is 12.0. The van der Waals surface area contributed by atoms with E-state index in [1.54, 1.807) is 6.20 Å². The molecule has 0 unspecified atom stereocenters. The highest BCUT2D eigenvalue weighted by Gasteiger charge is 2.09. The van der Waals surface area contributed by atoms with Gasteiger partial charge in [-0.15, -0.1) is 11.3 Å². The van der Waals surface area contributed by atoms with Gasteiger partial charge in [0.1, 0.15) is 5.03 Å². The third-order valence-electron chi connectivity index (χ3n) is 3.17. The second kappa shape index (κ2) is 7.55. The number of carbonyl (C=O) groups excluding carboxylic acids is 1. The summed E-state index contributed by atoms with van der Waals surface area (Å²) in [7, 11) is 0. The van der Waals surface area contributed by atoms with Gasteiger partial charge in [0, 0.05) is 22.8 Å². The van der Waals surface area contributed by atoms with Crippen LogP contribution in [0.3, 0.4) is 0 Å². The topological polar surface area (TPSA) is 67.8 Å². The SMILES string of the molecule is Cc1ccc(-c2nc(C)cc(SCC(=O)Nc3nccs3)n2)cc1. The Morgan fingerprint density at radius 3 is 2.71 bits per heavy atom. The second-order valence-corrected chi connectivity index (χ2v) is 7.10. The van der Waals surface area contributed by atoms with Crippen molar-refractivity contribution in [1.82, 2.24) is 15.0 Å². The van der Waals surface area contributed by atoms with Crippen LogP contribution in [0.5, 0.6) is 0 Å². The number of nitrogens with one attached hydrogen (secondary N) is 1. The molecule has 1 N–H and O–H groups in total. The van der Waals surface area contributed by atoms with Crippen molar-refractivity contribution < 1.29 is 4.79 Å². The normalized spacial score (nSPS) is 10.6. The lowest BCUT2D eigenvalue weighted by atomic mass is 10.1. The first-order chi connectivity index (χ1) is 11.6. The number of thioether (sulfide) groups is 1. The lowest BCUT2D eigenvalue weighted by molar-refractivity contribution is -0.113. The van der Waals surface area contributed by atoms with Gasteiger partial charge in [0.2, 0.25) is 5.91 Å². The van der Waals surface area contributed by atoms with E-state index < -0.39 is 0 Å². The number of thiazole rings is 1. The summed E-state index contributed by atoms with van der Waals surface area (Å²) < 4.78 is 0. The molecule has 3 aromatic rings. The molecule has 0 aliphatic heterocycles. The summed E-state index contributed by atoms with van der Waals surface area (Å²) >= 11 is 2.79. The molecule has 0 aliphatic rings. The first-order valence-electron chi connectivity index (χ1n) is 7.35. The van der Waals surface area contributed by atoms with E-state index in [0.29, 0.717) is 11.0 Å². The van der Waals surface area contributed by atoms with Crippen LogP contribution in [0.15, 0.2) is 46.9 Å². The molecule has 0 fully saturated rings. The van der Waals surface area contributed by atoms with Crippen molar-refractivity contribution in [3.8, 4) is 11.4 Å². The van der Waals surface area contributed by atoms with Crippen LogP contribution in [0.2, 0.25) is 0 Å². The largest absolute Gasteiger partial charge is 0.301 e. The molecule has 7 heteroatoms. The minimum atomic E-state index is -0.0944. The fourth-order valence-electron chi connectivity index (χ4n) is 2.03. The molecular formula is C17H16N4OS2. The molecule has 24 heavy (non-hydrogen) atoms. The quantitative estimate of drug-likeness (QED) is 0.554. The van der Waals surface area contributed by atoms with E-state index in [1.807, 2.05) is 49.6 Å². The lowest BCUT2D eigenvalue weighted by Gasteiger charge is -2.06. The molecule has 0 radical (unpaired) electrons. The Kier molecular flexibility index (Phi) is 5.22. The van der Waals surface area contributed by atoms with E-state index in [4.69, 9.17) is 0 Å². The average molecular weight is 356 g/mol. The van der Waals surface area contributed by atoms with Gasteiger partial charge >= 0.3 is 0 Å². The van der Waals surface area contributed by atoms with Crippen LogP contribution in [0, 0.1) is 13.8 Å². The van der Waals surface area contributed by atoms with Gasteiger partial charge in [-0.3, -0.25) is 4.79 Å². The smallest absolute Gasteiger partial charge is 0.236 e. The predicted octanol–water partition coefficient (Wildman–Crippen LogP) is 3.95. The Morgan fingerprint density at radius 2 is 2.00 bits per heavy atom. The maximum atomic E-state index is 12.0. The molecule has 0 atom stereocenters. The number of amides is 1. The number of benzene rings is 1. The second-order valence-electron chi connectivity index (χ2n) is 5.21. The number of anilines is 1. The van der Waals surface area contributed by atoms with E-state index in [-0.39, 0.29) is 11.7 Å². The van der Waals surface area contributed by atoms with Gasteiger partial charge < -0.3 is 5.32 Å². The highest BCUT2D eigenvalue weighted by atomic mass is 32.2. The number of aromatic nitrogens is 3. The van der Waals surface area contributed by atoms with E-state index in [2.05, 4.69) is 20.3 Å². The van der Waals surface area contributed by atoms with Gasteiger partial charge in [0.15, 0.2) is 11.0 Å². The summed E-state index contributed by atoms with van der Waals surface area (Å²) in [4.78, 5) is 25.0. The zero-order valence-corrected chi connectivity index (χ0v) is 14.9. The molecule has 5 nitrogen and oxygen atoms in total. The third kappa shape index (κ3) is 4.39. The Hall–Kier alpha value is -2.25. The molecule has 0 spiro atoms. The zero-order chi connectivity index (χ0) is 16.9. The summed E-state index contributed by atoms with van der Waals surface area (Å²) in [6, 6.07) is 9.98. The maximum Gasteiger partial charge on any atom is 0.236 e. The highest BCUT2D eigenvalue weighted by molar-refractivity contribution is 7.99. The summed E-state index contributed by atoms with van der Waals surface area (Å²) in [6.07, 6.45) is 1.66. The molecule has 0 aliphatic carbocycles. The van der Waals surface area contributed by atoms with Gasteiger partial charge in [-0.25, -0.2) is 15.0 Å². The molecule has 1 aromatic carbocycles. The molecule has 3 rings (SSSR count). The summed E-state index contributed by atoms with van der Waals surface area (Å²) in [5.74, 6) is 0.865. The number of carbonyl (C=O) groups is 1. The zero-order valence-electron chi connectivity index (χ0n) is 13.3. The van der Waals surface area contributed by atoms with E-state index in [9.17, 15) is 4.79 Å². The van der Waals surface area contributed by atoms with Crippen LogP contribution in [-0.2, 0) is 4.79 Å². The standard InChI is InChI=1S/C17H16N4OS2/c1-11-3-5-13(6-4-11)16-19-12(2)9-15(21-16)24-10-14(22)20-17-18-7-8-23-17/h3-9H,10H2,1-2H3,(H,18,20,22). The number of rotatable bonds is 5. The van der Waals surface area contributed by atoms with E-state index in [0.717, 1.165) is 16.3 Å². The van der Waals surface area contributed by atoms with Gasteiger partial charge in [-0.2, -0.15) is 0 Å². The van der Waals surface area contributed by atoms with E-state index >= 15 is 0 Å². The molecule has 2 aromatic heterocycles. The number of aryl methyl sites for hydroxylation is 2. The Labute approximate surface area is 148 Å². The minimum Gasteiger partial charge on any atom is -0.301 e. The third-order valence-corrected chi connectivity index (χ3v) is 4.77. The van der Waals surface area contributed by atoms with Crippen LogP contribution >= 0.6 is 23.1 Å². The number of hydrogen-bond donors (Lipinski definition) is 1. The van der Waals surface area contributed by atoms with Gasteiger partial charge in [0.25, 0.3) is 0 Å². The Morgan fingerprint density at radius 1 is 1.21 bits per heavy atom. The van der Waals surface area contributed by atoms with Crippen molar-refractivity contribution in [2.24, 2.45) is 0 Å². The van der Waals surface area contributed by atoms with Gasteiger partial charge in [-0.1, -0.05) is 41.6 Å². The van der Waals surface area contributed by atoms with Crippen LogP contribution in [0.4, 0.5) is 5.13 Å². The van der Waals surface area contributed by atoms with Crippen LogP contribution in [-0.4, -0.2) is 26.6 Å². The fourth-order valence-corrected chi connectivity index (χ4v) is 3.33. The van der Waals surface area contributed by atoms with Crippen molar-refractivity contribution >= 4 is 34.1 Å². The summed E-state index contributed by atoms with van der Waals surface area (Å²) in [5.41, 5.74) is 3.04. The molecule has 0 bridgehead atoms. The highest BCUT2D eigenvalue weighted by Crippen LogP contribution is 2.22. The van der Waals surface area contributed by atoms with Gasteiger partial charge in [0.05, 0.1) is 5.75 Å². The predicted molar refractivity (Wildman–Crippen MR) is 98.4 cm³/mol. The van der Waals surface area contributed by atoms with E-state index in [1.165, 1.54) is 28.7 Å². The Balaban J connectivity index is 1.69. The lowest BCUT2D eigenvalue weighted by Crippen LogP contribution is -2.13. The van der Waals surface area contributed by atoms with Crippen molar-refractivity contribution in [3.05, 3.63) is 53.2 Å². The molecule has 2 heterocycles. The first-order valence-corrected chi connectivity index (χ1v) is 9.21. The Bertz CT molecular complexity index is 832. The van der Waals surface area contributed by atoms with Crippen molar-refractivity contribution in [2.75, 3.05) is 11.1 Å². The fraction of sp³-hybridized carbons (Fsp3) is 0.176. The minimum absolute atomic E-state index is 0.0944. The van der Waals surface area contributed by atoms with Crippen LogP contribution < -0.4 is 5.32 Å². The van der Waals surface area contributed by atoms with Crippen LogP contribution in [0.25, 0.3) is 11.4 Å².